The number of hydrogen-bond donors (Lipinski definition) is 0. The van der Waals surface area contributed by atoms with Gasteiger partial charge in [-0.25, -0.2) is 0 Å². The summed E-state index contributed by atoms with van der Waals surface area (Å²) in [4.78, 5) is 6.58. The second-order valence-electron chi connectivity index (χ2n) is 10.1. The van der Waals surface area contributed by atoms with E-state index in [1.807, 2.05) is 0 Å². The molecule has 0 heterocycles. The molecule has 0 nitrogen and oxygen atoms in total. The summed E-state index contributed by atoms with van der Waals surface area (Å²) in [6, 6.07) is 62.5. The molecule has 0 amide bonds. The zero-order valence-corrected chi connectivity index (χ0v) is 32.4. The molecule has 0 spiro atoms. The molecule has 0 saturated heterocycles. The van der Waals surface area contributed by atoms with E-state index in [-0.39, 0.29) is 36.8 Å². The molecule has 0 unspecified atom stereocenters. The first-order chi connectivity index (χ1) is 24.0. The molecule has 0 N–H and O–H groups in total. The molecule has 0 radical (unpaired) electrons. The molecule has 6 aromatic carbocycles. The molecule has 6 rings (SSSR count). The number of benzene rings is 6. The Morgan fingerprint density at radius 2 is 0.642 bits per heavy atom. The van der Waals surface area contributed by atoms with E-state index in [1.54, 1.807) is 11.8 Å². The maximum atomic E-state index is 9.87. The molecule has 17 heteroatoms. The zero-order chi connectivity index (χ0) is 38.4. The van der Waals surface area contributed by atoms with Crippen molar-refractivity contribution in [2.45, 2.75) is 24.5 Å². The van der Waals surface area contributed by atoms with Crippen LogP contribution in [0, 0.1) is 7.14 Å². The Kier molecular flexibility index (Phi) is 16.4. The summed E-state index contributed by atoms with van der Waals surface area (Å²) in [5, 5.41) is 0. The van der Waals surface area contributed by atoms with Crippen molar-refractivity contribution in [2.24, 2.45) is 0 Å². The van der Waals surface area contributed by atoms with Crippen molar-refractivity contribution < 1.29 is 72.1 Å². The van der Waals surface area contributed by atoms with Crippen LogP contribution in [0.4, 0.5) is 46.2 Å². The smallest absolute Gasteiger partial charge is 0.357 e. The van der Waals surface area contributed by atoms with Crippen molar-refractivity contribution in [1.29, 1.82) is 0 Å². The van der Waals surface area contributed by atoms with Crippen molar-refractivity contribution in [2.75, 3.05) is 0 Å². The van der Waals surface area contributed by atoms with E-state index in [0.717, 1.165) is 0 Å². The van der Waals surface area contributed by atoms with Crippen LogP contribution in [0.25, 0.3) is 0 Å². The Morgan fingerprint density at radius 1 is 0.396 bits per heavy atom. The number of hydrogen-bond acceptors (Lipinski definition) is 1. The molecule has 0 atom stereocenters. The van der Waals surface area contributed by atoms with Crippen molar-refractivity contribution >= 4 is 38.6 Å². The van der Waals surface area contributed by atoms with Gasteiger partial charge in [0.25, 0.3) is 0 Å². The second kappa shape index (κ2) is 18.9. The van der Waals surface area contributed by atoms with Crippen LogP contribution in [0.15, 0.2) is 200 Å². The largest absolute Gasteiger partial charge is 1.00 e. The maximum Gasteiger partial charge on any atom is 0.357 e. The topological polar surface area (TPSA) is 0 Å². The zero-order valence-electron chi connectivity index (χ0n) is 26.9. The van der Waals surface area contributed by atoms with Gasteiger partial charge in [0.1, 0.15) is 0 Å². The van der Waals surface area contributed by atoms with Crippen LogP contribution in [0.5, 0.6) is 0 Å². The fourth-order valence-corrected chi connectivity index (χ4v) is 9.06. The van der Waals surface area contributed by atoms with Gasteiger partial charge in [0.15, 0.2) is 21.8 Å². The summed E-state index contributed by atoms with van der Waals surface area (Å²) in [6.45, 7) is 0. The fourth-order valence-electron chi connectivity index (χ4n) is 3.87. The van der Waals surface area contributed by atoms with Crippen molar-refractivity contribution in [3.05, 3.63) is 183 Å². The normalized spacial score (nSPS) is 12.9. The van der Waals surface area contributed by atoms with Crippen LogP contribution in [-0.4, -0.2) is 0 Å². The summed E-state index contributed by atoms with van der Waals surface area (Å²) in [5.74, 6) is 0. The van der Waals surface area contributed by atoms with Crippen molar-refractivity contribution in [3.63, 3.8) is 0 Å². The van der Waals surface area contributed by atoms with Gasteiger partial charge in [-0.15, -0.1) is 0 Å². The van der Waals surface area contributed by atoms with Crippen LogP contribution in [-0.2, 0) is 10.9 Å². The summed E-state index contributed by atoms with van der Waals surface area (Å²) >= 11 is 1.83. The van der Waals surface area contributed by atoms with Gasteiger partial charge in [-0.1, -0.05) is 103 Å². The monoisotopic (exact) mass is 942 g/mol. The quantitative estimate of drug-likeness (QED) is 0.0665. The summed E-state index contributed by atoms with van der Waals surface area (Å²) < 4.78 is 111. The Labute approximate surface area is 316 Å². The molecule has 286 valence electrons. The van der Waals surface area contributed by atoms with Crippen LogP contribution >= 0.6 is 27.7 Å². The fraction of sp³-hybridized carbons (Fsp3) is 0. The first-order valence-electron chi connectivity index (χ1n) is 14.6. The average Bonchev–Trinajstić information content (AvgIpc) is 3.06. The predicted octanol–water partition coefficient (Wildman–Crippen LogP) is 10.1. The third kappa shape index (κ3) is 23.9. The van der Waals surface area contributed by atoms with Crippen molar-refractivity contribution in [3.8, 4) is 0 Å². The average molecular weight is 943 g/mol. The minimum atomic E-state index is -10.7. The number of rotatable bonds is 7. The predicted molar refractivity (Wildman–Crippen MR) is 188 cm³/mol. The Morgan fingerprint density at radius 3 is 0.962 bits per heavy atom. The Balaban J connectivity index is 0.000000299. The first kappa shape index (κ1) is 45.9. The SMILES string of the molecule is FP(F)(F)(F)F.F[P-](F)(F)(F)(F)F.[F-].c1ccc(Sc2ccc([S+](c3ccccc3)c3ccccc3)cc2)cc1.c1ccc([I+]c2ccccc2)cc1. The third-order valence-corrected chi connectivity index (χ3v) is 11.6. The van der Waals surface area contributed by atoms with E-state index in [4.69, 9.17) is 0 Å². The number of halogens is 13. The second-order valence-corrected chi connectivity index (χ2v) is 19.5. The van der Waals surface area contributed by atoms with Gasteiger partial charge in [0, 0.05) is 9.79 Å². The standard InChI is InChI=1S/C24H19S2.C12H10I.F6P.F5P.FH/c1-4-10-20(11-5-1)25-21-16-18-24(19-17-21)26(22-12-6-2-7-13-22)23-14-8-3-9-15-23;1-3-7-11(8-4-1)13-12-9-5-2-6-10-12;1-7(2,3,4,5)6;1-6(2,3,4)5;/h1-19H;1-10H;;;1H/q2*+1;-1;;/p-1. The van der Waals surface area contributed by atoms with E-state index in [0.29, 0.717) is 0 Å². The molecule has 0 aromatic heterocycles. The summed E-state index contributed by atoms with van der Waals surface area (Å²) in [5.41, 5.74) is 0. The molecule has 0 bridgehead atoms. The first-order valence-corrected chi connectivity index (χ1v) is 22.6. The van der Waals surface area contributed by atoms with Crippen LogP contribution in [0.2, 0.25) is 0 Å². The van der Waals surface area contributed by atoms with E-state index in [1.165, 1.54) is 31.6 Å². The molecule has 0 aliphatic heterocycles. The molecule has 6 aromatic rings. The molecule has 0 saturated carbocycles. The van der Waals surface area contributed by atoms with E-state index < -0.39 is 16.0 Å². The van der Waals surface area contributed by atoms with Crippen LogP contribution in [0.3, 0.4) is 0 Å². The van der Waals surface area contributed by atoms with Gasteiger partial charge in [-0.3, -0.25) is 0 Å². The van der Waals surface area contributed by atoms with Crippen LogP contribution < -0.4 is 25.9 Å². The Hall–Kier alpha value is -3.23. The third-order valence-electron chi connectivity index (χ3n) is 5.68. The summed E-state index contributed by atoms with van der Waals surface area (Å²) in [6.07, 6.45) is 0. The van der Waals surface area contributed by atoms with Gasteiger partial charge in [-0.05, 0) is 84.9 Å². The van der Waals surface area contributed by atoms with Gasteiger partial charge >= 0.3 is 83.3 Å². The van der Waals surface area contributed by atoms with E-state index >= 15 is 0 Å². The van der Waals surface area contributed by atoms with Crippen LogP contribution in [0.1, 0.15) is 0 Å². The minimum absolute atomic E-state index is 0. The maximum absolute atomic E-state index is 10.7. The molecule has 53 heavy (non-hydrogen) atoms. The minimum Gasteiger partial charge on any atom is -1.00 e. The molecule has 0 fully saturated rings. The van der Waals surface area contributed by atoms with E-state index in [2.05, 4.69) is 176 Å². The van der Waals surface area contributed by atoms with Crippen molar-refractivity contribution in [1.82, 2.24) is 0 Å². The Bertz CT molecular complexity index is 1820. The molecular formula is C36H29F12IP2S2. The van der Waals surface area contributed by atoms with Gasteiger partial charge in [-0.2, -0.15) is 0 Å². The molecule has 0 aliphatic rings. The van der Waals surface area contributed by atoms with E-state index in [9.17, 15) is 46.2 Å². The summed E-state index contributed by atoms with van der Waals surface area (Å²) in [7, 11) is -19.3. The molecular weight excluding hydrogens is 913 g/mol. The molecule has 0 aliphatic carbocycles. The van der Waals surface area contributed by atoms with Gasteiger partial charge < -0.3 is 4.70 Å². The van der Waals surface area contributed by atoms with Gasteiger partial charge in [0.2, 0.25) is 0 Å². The van der Waals surface area contributed by atoms with Gasteiger partial charge in [0.05, 0.1) is 10.9 Å².